The third-order valence-electron chi connectivity index (χ3n) is 2.49. The molecular weight excluding hydrogens is 226 g/mol. The Balaban J connectivity index is 2.31. The highest BCUT2D eigenvalue weighted by Crippen LogP contribution is 2.20. The Hall–Kier alpha value is -2.09. The number of ketones is 1. The second-order valence-electron chi connectivity index (χ2n) is 3.83. The molecule has 1 aromatic rings. The molecule has 17 heavy (non-hydrogen) atoms. The Bertz CT molecular complexity index is 510. The second-order valence-corrected chi connectivity index (χ2v) is 3.83. The number of fused-ring (bicyclic) bond motifs is 1. The SMILES string of the molecule is CC(O)C(=O)[C@@H]1CNc2nc(N)[nH]c(=O)c2N1. The zero-order valence-electron chi connectivity index (χ0n) is 9.15. The lowest BCUT2D eigenvalue weighted by Crippen LogP contribution is -2.45. The Labute approximate surface area is 96.2 Å². The smallest absolute Gasteiger partial charge is 0.277 e. The molecule has 0 aromatic carbocycles. The van der Waals surface area contributed by atoms with E-state index in [1.165, 1.54) is 6.92 Å². The van der Waals surface area contributed by atoms with Crippen molar-refractivity contribution in [3.05, 3.63) is 10.4 Å². The van der Waals surface area contributed by atoms with E-state index >= 15 is 0 Å². The molecule has 2 atom stereocenters. The predicted molar refractivity (Wildman–Crippen MR) is 61.9 cm³/mol. The highest BCUT2D eigenvalue weighted by molar-refractivity contribution is 5.92. The van der Waals surface area contributed by atoms with Crippen LogP contribution in [-0.4, -0.2) is 39.5 Å². The summed E-state index contributed by atoms with van der Waals surface area (Å²) in [5.41, 5.74) is 5.09. The number of carbonyl (C=O) groups excluding carboxylic acids is 1. The quantitative estimate of drug-likeness (QED) is 0.424. The molecule has 8 nitrogen and oxygen atoms in total. The number of nitrogens with zero attached hydrogens (tertiary/aromatic N) is 1. The van der Waals surface area contributed by atoms with Gasteiger partial charge in [-0.1, -0.05) is 0 Å². The molecule has 0 amide bonds. The third kappa shape index (κ3) is 2.07. The van der Waals surface area contributed by atoms with Gasteiger partial charge in [-0.2, -0.15) is 4.98 Å². The Morgan fingerprint density at radius 3 is 3.00 bits per heavy atom. The van der Waals surface area contributed by atoms with Crippen LogP contribution in [0.5, 0.6) is 0 Å². The summed E-state index contributed by atoms with van der Waals surface area (Å²) in [5.74, 6) is -0.0800. The van der Waals surface area contributed by atoms with Crippen molar-refractivity contribution in [1.29, 1.82) is 0 Å². The van der Waals surface area contributed by atoms with E-state index in [0.29, 0.717) is 5.82 Å². The minimum absolute atomic E-state index is 0.00310. The second kappa shape index (κ2) is 4.06. The molecule has 8 heteroatoms. The Morgan fingerprint density at radius 2 is 2.35 bits per heavy atom. The summed E-state index contributed by atoms with van der Waals surface area (Å²) in [6.07, 6.45) is -1.09. The molecule has 2 heterocycles. The number of H-pyrrole nitrogens is 1. The highest BCUT2D eigenvalue weighted by Gasteiger charge is 2.28. The molecule has 0 radical (unpaired) electrons. The highest BCUT2D eigenvalue weighted by atomic mass is 16.3. The van der Waals surface area contributed by atoms with Crippen molar-refractivity contribution in [2.45, 2.75) is 19.1 Å². The number of hydrogen-bond donors (Lipinski definition) is 5. The van der Waals surface area contributed by atoms with Crippen molar-refractivity contribution < 1.29 is 9.90 Å². The van der Waals surface area contributed by atoms with Gasteiger partial charge in [0.1, 0.15) is 17.8 Å². The molecule has 1 aromatic heterocycles. The molecule has 1 aliphatic rings. The number of aliphatic hydroxyl groups is 1. The predicted octanol–water partition coefficient (Wildman–Crippen LogP) is -1.49. The molecule has 0 bridgehead atoms. The number of nitrogens with two attached hydrogens (primary N) is 1. The summed E-state index contributed by atoms with van der Waals surface area (Å²) in [7, 11) is 0. The van der Waals surface area contributed by atoms with Crippen LogP contribution in [0.3, 0.4) is 0 Å². The van der Waals surface area contributed by atoms with Gasteiger partial charge in [0, 0.05) is 6.54 Å². The monoisotopic (exact) mass is 239 g/mol. The minimum Gasteiger partial charge on any atom is -0.386 e. The largest absolute Gasteiger partial charge is 0.386 e. The van der Waals surface area contributed by atoms with E-state index in [-0.39, 0.29) is 24.0 Å². The average Bonchev–Trinajstić information content (AvgIpc) is 2.27. The number of carbonyl (C=O) groups is 1. The number of aromatic nitrogens is 2. The fraction of sp³-hybridized carbons (Fsp3) is 0.444. The van der Waals surface area contributed by atoms with Crippen molar-refractivity contribution in [2.24, 2.45) is 0 Å². The van der Waals surface area contributed by atoms with Gasteiger partial charge in [-0.05, 0) is 6.92 Å². The molecule has 1 aliphatic heterocycles. The van der Waals surface area contributed by atoms with Crippen LogP contribution in [-0.2, 0) is 4.79 Å². The van der Waals surface area contributed by atoms with E-state index in [2.05, 4.69) is 20.6 Å². The molecule has 1 unspecified atom stereocenters. The van der Waals surface area contributed by atoms with Crippen LogP contribution in [0.2, 0.25) is 0 Å². The zero-order valence-corrected chi connectivity index (χ0v) is 9.15. The first-order valence-electron chi connectivity index (χ1n) is 5.11. The van der Waals surface area contributed by atoms with Crippen LogP contribution in [0.1, 0.15) is 6.92 Å². The van der Waals surface area contributed by atoms with Crippen molar-refractivity contribution >= 4 is 23.2 Å². The van der Waals surface area contributed by atoms with E-state index in [4.69, 9.17) is 5.73 Å². The van der Waals surface area contributed by atoms with E-state index in [0.717, 1.165) is 0 Å². The first-order chi connectivity index (χ1) is 7.99. The van der Waals surface area contributed by atoms with E-state index < -0.39 is 17.7 Å². The van der Waals surface area contributed by atoms with Crippen molar-refractivity contribution in [1.82, 2.24) is 9.97 Å². The van der Waals surface area contributed by atoms with Crippen LogP contribution < -0.4 is 21.9 Å². The summed E-state index contributed by atoms with van der Waals surface area (Å²) >= 11 is 0. The number of aromatic amines is 1. The lowest BCUT2D eigenvalue weighted by molar-refractivity contribution is -0.126. The van der Waals surface area contributed by atoms with Crippen LogP contribution >= 0.6 is 0 Å². The Morgan fingerprint density at radius 1 is 1.65 bits per heavy atom. The fourth-order valence-electron chi connectivity index (χ4n) is 1.64. The van der Waals surface area contributed by atoms with Gasteiger partial charge in [0.2, 0.25) is 5.95 Å². The maximum absolute atomic E-state index is 11.6. The Kier molecular flexibility index (Phi) is 2.72. The molecule has 0 saturated carbocycles. The first kappa shape index (κ1) is 11.4. The van der Waals surface area contributed by atoms with Crippen LogP contribution in [0.15, 0.2) is 4.79 Å². The van der Waals surface area contributed by atoms with Gasteiger partial charge in [-0.15, -0.1) is 0 Å². The molecule has 6 N–H and O–H groups in total. The normalized spacial score (nSPS) is 19.8. The number of aliphatic hydroxyl groups excluding tert-OH is 1. The van der Waals surface area contributed by atoms with E-state index in [9.17, 15) is 14.7 Å². The van der Waals surface area contributed by atoms with Gasteiger partial charge < -0.3 is 21.5 Å². The average molecular weight is 239 g/mol. The van der Waals surface area contributed by atoms with Crippen LogP contribution in [0.25, 0.3) is 0 Å². The molecule has 92 valence electrons. The number of hydrogen-bond acceptors (Lipinski definition) is 7. The number of rotatable bonds is 2. The molecular formula is C9H13N5O3. The molecule has 0 fully saturated rings. The third-order valence-corrected chi connectivity index (χ3v) is 2.49. The summed E-state index contributed by atoms with van der Waals surface area (Å²) in [6.45, 7) is 1.62. The van der Waals surface area contributed by atoms with Gasteiger partial charge in [-0.25, -0.2) is 0 Å². The number of nitrogens with one attached hydrogen (secondary N) is 3. The van der Waals surface area contributed by atoms with Crippen LogP contribution in [0, 0.1) is 0 Å². The van der Waals surface area contributed by atoms with Crippen molar-refractivity contribution in [3.8, 4) is 0 Å². The maximum atomic E-state index is 11.6. The molecule has 0 aliphatic carbocycles. The summed E-state index contributed by atoms with van der Waals surface area (Å²) in [4.78, 5) is 29.4. The van der Waals surface area contributed by atoms with E-state index in [1.54, 1.807) is 0 Å². The van der Waals surface area contributed by atoms with E-state index in [1.807, 2.05) is 0 Å². The fourth-order valence-corrected chi connectivity index (χ4v) is 1.64. The molecule has 0 spiro atoms. The standard InChI is InChI=1S/C9H13N5O3/c1-3(15)6(16)4-2-11-7-5(12-4)8(17)14-9(10)13-7/h3-4,12,15H,2H2,1H3,(H4,10,11,13,14,17)/t3?,4-/m0/s1. The summed E-state index contributed by atoms with van der Waals surface area (Å²) in [5, 5.41) is 14.8. The summed E-state index contributed by atoms with van der Waals surface area (Å²) < 4.78 is 0. The number of nitrogen functional groups attached to an aromatic ring is 1. The zero-order chi connectivity index (χ0) is 12.6. The van der Waals surface area contributed by atoms with Gasteiger partial charge in [-0.3, -0.25) is 14.6 Å². The van der Waals surface area contributed by atoms with Crippen molar-refractivity contribution in [2.75, 3.05) is 22.9 Å². The van der Waals surface area contributed by atoms with Crippen LogP contribution in [0.4, 0.5) is 17.5 Å². The maximum Gasteiger partial charge on any atom is 0.277 e. The first-order valence-corrected chi connectivity index (χ1v) is 5.11. The van der Waals surface area contributed by atoms with Gasteiger partial charge in [0.05, 0.1) is 0 Å². The van der Waals surface area contributed by atoms with Crippen molar-refractivity contribution in [3.63, 3.8) is 0 Å². The van der Waals surface area contributed by atoms with Gasteiger partial charge >= 0.3 is 0 Å². The molecule has 0 saturated heterocycles. The lowest BCUT2D eigenvalue weighted by atomic mass is 10.1. The minimum atomic E-state index is -1.09. The molecule has 2 rings (SSSR count). The number of Topliss-reactive ketones (excluding diaryl/α,β-unsaturated/α-hetero) is 1. The topological polar surface area (TPSA) is 133 Å². The summed E-state index contributed by atoms with van der Waals surface area (Å²) in [6, 6.07) is -0.658. The van der Waals surface area contributed by atoms with Gasteiger partial charge in [0.25, 0.3) is 5.56 Å². The lowest BCUT2D eigenvalue weighted by Gasteiger charge is -2.26. The van der Waals surface area contributed by atoms with Gasteiger partial charge in [0.15, 0.2) is 11.6 Å². The number of anilines is 3.